The van der Waals surface area contributed by atoms with Gasteiger partial charge in [0, 0.05) is 31.4 Å². The van der Waals surface area contributed by atoms with Crippen LogP contribution in [0.25, 0.3) is 0 Å². The predicted molar refractivity (Wildman–Crippen MR) is 88.9 cm³/mol. The van der Waals surface area contributed by atoms with Crippen LogP contribution in [0.2, 0.25) is 0 Å². The van der Waals surface area contributed by atoms with Crippen molar-refractivity contribution in [2.45, 2.75) is 51.9 Å². The fourth-order valence-electron chi connectivity index (χ4n) is 2.77. The Morgan fingerprint density at radius 3 is 2.62 bits per heavy atom. The topological polar surface area (TPSA) is 89.2 Å². The van der Waals surface area contributed by atoms with E-state index in [9.17, 15) is 5.11 Å². The first-order valence-corrected chi connectivity index (χ1v) is 8.26. The third-order valence-corrected chi connectivity index (χ3v) is 4.06. The maximum Gasteiger partial charge on any atom is 0.257 e. The van der Waals surface area contributed by atoms with E-state index in [2.05, 4.69) is 20.3 Å². The smallest absolute Gasteiger partial charge is 0.257 e. The molecule has 1 saturated heterocycles. The molecule has 8 heteroatoms. The molecule has 0 saturated carbocycles. The lowest BCUT2D eigenvalue weighted by molar-refractivity contribution is 0.0558. The van der Waals surface area contributed by atoms with Gasteiger partial charge in [-0.3, -0.25) is 0 Å². The number of rotatable bonds is 5. The standard InChI is InChI=1S/C16H24N6O2/c1-11(2)22-9-13(19-20-22)16(23)5-8-21(10-16)14-15(24-12(3)4)18-7-6-17-14/h6-7,9,11-12,23H,5,8,10H2,1-4H3. The van der Waals surface area contributed by atoms with Gasteiger partial charge < -0.3 is 14.7 Å². The number of aliphatic hydroxyl groups is 1. The molecule has 0 spiro atoms. The molecule has 1 atom stereocenters. The van der Waals surface area contributed by atoms with Gasteiger partial charge in [0.25, 0.3) is 5.88 Å². The van der Waals surface area contributed by atoms with Crippen LogP contribution in [0.5, 0.6) is 5.88 Å². The van der Waals surface area contributed by atoms with E-state index in [1.807, 2.05) is 38.8 Å². The highest BCUT2D eigenvalue weighted by Gasteiger charge is 2.41. The molecule has 130 valence electrons. The molecule has 1 fully saturated rings. The summed E-state index contributed by atoms with van der Waals surface area (Å²) in [6, 6.07) is 0.207. The summed E-state index contributed by atoms with van der Waals surface area (Å²) in [4.78, 5) is 10.6. The van der Waals surface area contributed by atoms with Crippen molar-refractivity contribution in [2.24, 2.45) is 0 Å². The third kappa shape index (κ3) is 3.19. The third-order valence-electron chi connectivity index (χ3n) is 4.06. The molecule has 0 bridgehead atoms. The Morgan fingerprint density at radius 1 is 1.21 bits per heavy atom. The summed E-state index contributed by atoms with van der Waals surface area (Å²) in [5.74, 6) is 1.14. The first-order valence-electron chi connectivity index (χ1n) is 8.26. The Bertz CT molecular complexity index is 701. The van der Waals surface area contributed by atoms with Crippen LogP contribution in [-0.4, -0.2) is 49.3 Å². The second kappa shape index (κ2) is 6.35. The zero-order valence-electron chi connectivity index (χ0n) is 14.5. The fraction of sp³-hybridized carbons (Fsp3) is 0.625. The molecular weight excluding hydrogens is 308 g/mol. The second-order valence-corrected chi connectivity index (χ2v) is 6.73. The van der Waals surface area contributed by atoms with Crippen LogP contribution < -0.4 is 9.64 Å². The van der Waals surface area contributed by atoms with Crippen molar-refractivity contribution in [2.75, 3.05) is 18.0 Å². The van der Waals surface area contributed by atoms with Gasteiger partial charge in [0.05, 0.1) is 18.8 Å². The van der Waals surface area contributed by atoms with Gasteiger partial charge in [-0.25, -0.2) is 14.6 Å². The molecular formula is C16H24N6O2. The van der Waals surface area contributed by atoms with Gasteiger partial charge in [-0.15, -0.1) is 5.10 Å². The SMILES string of the molecule is CC(C)Oc1nccnc1N1CCC(O)(c2cn(C(C)C)nn2)C1. The lowest BCUT2D eigenvalue weighted by atomic mass is 10.00. The summed E-state index contributed by atoms with van der Waals surface area (Å²) < 4.78 is 7.49. The maximum atomic E-state index is 11.0. The molecule has 3 heterocycles. The van der Waals surface area contributed by atoms with Crippen LogP contribution in [0.4, 0.5) is 5.82 Å². The Kier molecular flexibility index (Phi) is 4.40. The van der Waals surface area contributed by atoms with Crippen molar-refractivity contribution < 1.29 is 9.84 Å². The summed E-state index contributed by atoms with van der Waals surface area (Å²) in [5, 5.41) is 19.3. The Hall–Kier alpha value is -2.22. The van der Waals surface area contributed by atoms with Crippen LogP contribution in [0.1, 0.15) is 45.9 Å². The molecule has 2 aromatic rings. The molecule has 0 aliphatic carbocycles. The maximum absolute atomic E-state index is 11.0. The fourth-order valence-corrected chi connectivity index (χ4v) is 2.77. The minimum atomic E-state index is -1.04. The second-order valence-electron chi connectivity index (χ2n) is 6.73. The monoisotopic (exact) mass is 332 g/mol. The molecule has 3 rings (SSSR count). The van der Waals surface area contributed by atoms with Crippen LogP contribution in [0, 0.1) is 0 Å². The van der Waals surface area contributed by atoms with E-state index in [4.69, 9.17) is 4.74 Å². The molecule has 0 amide bonds. The highest BCUT2D eigenvalue weighted by Crippen LogP contribution is 2.35. The Labute approximate surface area is 141 Å². The van der Waals surface area contributed by atoms with Gasteiger partial charge in [-0.2, -0.15) is 0 Å². The largest absolute Gasteiger partial charge is 0.472 e. The minimum Gasteiger partial charge on any atom is -0.472 e. The van der Waals surface area contributed by atoms with Crippen molar-refractivity contribution in [1.82, 2.24) is 25.0 Å². The molecule has 0 aromatic carbocycles. The highest BCUT2D eigenvalue weighted by molar-refractivity contribution is 5.50. The quantitative estimate of drug-likeness (QED) is 0.888. The Balaban J connectivity index is 1.82. The molecule has 8 nitrogen and oxygen atoms in total. The number of β-amino-alcohol motifs (C(OH)–C–C–N with tert-alkyl or cyclic N) is 1. The summed E-state index contributed by atoms with van der Waals surface area (Å²) in [7, 11) is 0. The normalized spacial score (nSPS) is 21.0. The molecule has 2 aromatic heterocycles. The van der Waals surface area contributed by atoms with E-state index in [0.717, 1.165) is 0 Å². The number of aromatic nitrogens is 5. The molecule has 1 unspecified atom stereocenters. The van der Waals surface area contributed by atoms with Gasteiger partial charge in [-0.1, -0.05) is 5.21 Å². The molecule has 24 heavy (non-hydrogen) atoms. The Morgan fingerprint density at radius 2 is 1.96 bits per heavy atom. The summed E-state index contributed by atoms with van der Waals surface area (Å²) in [6.45, 7) is 8.98. The highest BCUT2D eigenvalue weighted by atomic mass is 16.5. The van der Waals surface area contributed by atoms with Gasteiger partial charge in [0.1, 0.15) is 11.3 Å². The van der Waals surface area contributed by atoms with E-state index in [1.54, 1.807) is 17.1 Å². The van der Waals surface area contributed by atoms with Gasteiger partial charge in [0.15, 0.2) is 5.82 Å². The van der Waals surface area contributed by atoms with Crippen molar-refractivity contribution in [3.8, 4) is 5.88 Å². The van der Waals surface area contributed by atoms with Gasteiger partial charge >= 0.3 is 0 Å². The number of hydrogen-bond acceptors (Lipinski definition) is 7. The van der Waals surface area contributed by atoms with E-state index < -0.39 is 5.60 Å². The summed E-state index contributed by atoms with van der Waals surface area (Å²) in [5.41, 5.74) is -0.450. The van der Waals surface area contributed by atoms with Gasteiger partial charge in [0.2, 0.25) is 0 Å². The number of anilines is 1. The summed E-state index contributed by atoms with van der Waals surface area (Å²) >= 11 is 0. The zero-order valence-corrected chi connectivity index (χ0v) is 14.5. The van der Waals surface area contributed by atoms with Crippen molar-refractivity contribution >= 4 is 5.82 Å². The molecule has 1 N–H and O–H groups in total. The average Bonchev–Trinajstić information content (AvgIpc) is 3.15. The van der Waals surface area contributed by atoms with E-state index >= 15 is 0 Å². The van der Waals surface area contributed by atoms with Gasteiger partial charge in [-0.05, 0) is 27.7 Å². The lowest BCUT2D eigenvalue weighted by Gasteiger charge is -2.23. The van der Waals surface area contributed by atoms with E-state index in [1.165, 1.54) is 0 Å². The molecule has 1 aliphatic heterocycles. The number of nitrogens with zero attached hydrogens (tertiary/aromatic N) is 6. The van der Waals surface area contributed by atoms with E-state index in [-0.39, 0.29) is 12.1 Å². The molecule has 1 aliphatic rings. The summed E-state index contributed by atoms with van der Waals surface area (Å²) in [6.07, 6.45) is 5.62. The van der Waals surface area contributed by atoms with Crippen LogP contribution in [0.15, 0.2) is 18.6 Å². The van der Waals surface area contributed by atoms with Crippen LogP contribution in [-0.2, 0) is 5.60 Å². The van der Waals surface area contributed by atoms with Crippen LogP contribution >= 0.6 is 0 Å². The van der Waals surface area contributed by atoms with Crippen molar-refractivity contribution in [3.05, 3.63) is 24.3 Å². The number of ether oxygens (including phenoxy) is 1. The minimum absolute atomic E-state index is 0.00729. The lowest BCUT2D eigenvalue weighted by Crippen LogP contribution is -2.32. The number of hydrogen-bond donors (Lipinski definition) is 1. The van der Waals surface area contributed by atoms with E-state index in [0.29, 0.717) is 36.9 Å². The van der Waals surface area contributed by atoms with Crippen LogP contribution in [0.3, 0.4) is 0 Å². The van der Waals surface area contributed by atoms with Crippen molar-refractivity contribution in [1.29, 1.82) is 0 Å². The predicted octanol–water partition coefficient (Wildman–Crippen LogP) is 1.53. The first-order chi connectivity index (χ1) is 11.4. The molecule has 0 radical (unpaired) electrons. The zero-order chi connectivity index (χ0) is 17.3. The van der Waals surface area contributed by atoms with Crippen molar-refractivity contribution in [3.63, 3.8) is 0 Å². The average molecular weight is 332 g/mol. The first kappa shape index (κ1) is 16.6.